The van der Waals surface area contributed by atoms with Gasteiger partial charge < -0.3 is 10.4 Å². The van der Waals surface area contributed by atoms with Gasteiger partial charge in [-0.25, -0.2) is 0 Å². The Kier molecular flexibility index (Phi) is 9.07. The largest absolute Gasteiger partial charge is 0.506 e. The minimum atomic E-state index is 0.229. The molecular formula is C16H28N2O. The number of nitrogens with zero attached hydrogens (tertiary/aromatic N) is 1. The van der Waals surface area contributed by atoms with Crippen LogP contribution in [0.3, 0.4) is 0 Å². The molecule has 1 rings (SSSR count). The van der Waals surface area contributed by atoms with Crippen molar-refractivity contribution in [1.29, 1.82) is 0 Å². The molecule has 0 aliphatic carbocycles. The molecule has 0 spiro atoms. The first-order chi connectivity index (χ1) is 9.33. The number of unbranched alkanes of at least 4 members (excludes halogenated alkanes) is 7. The molecule has 0 bridgehead atoms. The predicted octanol–water partition coefficient (Wildman–Crippen LogP) is 4.02. The van der Waals surface area contributed by atoms with Gasteiger partial charge in [-0.2, -0.15) is 0 Å². The van der Waals surface area contributed by atoms with E-state index in [1.807, 2.05) is 6.07 Å². The third-order valence-electron chi connectivity index (χ3n) is 3.32. The highest BCUT2D eigenvalue weighted by molar-refractivity contribution is 5.17. The van der Waals surface area contributed by atoms with Gasteiger partial charge in [-0.05, 0) is 25.1 Å². The summed E-state index contributed by atoms with van der Waals surface area (Å²) in [5.74, 6) is 0.229. The van der Waals surface area contributed by atoms with Gasteiger partial charge in [0.05, 0.1) is 11.9 Å². The number of aromatic hydroxyl groups is 1. The Morgan fingerprint density at radius 3 is 2.32 bits per heavy atom. The summed E-state index contributed by atoms with van der Waals surface area (Å²) in [5.41, 5.74) is 0.984. The van der Waals surface area contributed by atoms with Gasteiger partial charge in [0.2, 0.25) is 0 Å². The average Bonchev–Trinajstić information content (AvgIpc) is 2.43. The van der Waals surface area contributed by atoms with Gasteiger partial charge in [-0.1, -0.05) is 51.9 Å². The summed E-state index contributed by atoms with van der Waals surface area (Å²) < 4.78 is 0. The van der Waals surface area contributed by atoms with Crippen molar-refractivity contribution < 1.29 is 5.11 Å². The second-order valence-electron chi connectivity index (χ2n) is 5.16. The molecule has 0 unspecified atom stereocenters. The van der Waals surface area contributed by atoms with E-state index in [1.165, 1.54) is 57.6 Å². The fourth-order valence-electron chi connectivity index (χ4n) is 2.12. The molecule has 3 heteroatoms. The van der Waals surface area contributed by atoms with Crippen molar-refractivity contribution in [2.75, 3.05) is 6.54 Å². The number of rotatable bonds is 11. The molecule has 0 aromatic carbocycles. The molecule has 2 N–H and O–H groups in total. The predicted molar refractivity (Wildman–Crippen MR) is 80.2 cm³/mol. The van der Waals surface area contributed by atoms with E-state index in [2.05, 4.69) is 17.2 Å². The zero-order chi connectivity index (χ0) is 13.8. The first-order valence-electron chi connectivity index (χ1n) is 7.67. The Morgan fingerprint density at radius 2 is 1.68 bits per heavy atom. The smallest absolute Gasteiger partial charge is 0.133 e. The number of pyridine rings is 1. The van der Waals surface area contributed by atoms with E-state index in [4.69, 9.17) is 5.11 Å². The lowest BCUT2D eigenvalue weighted by molar-refractivity contribution is 0.471. The van der Waals surface area contributed by atoms with E-state index in [-0.39, 0.29) is 5.75 Å². The van der Waals surface area contributed by atoms with Crippen molar-refractivity contribution in [3.05, 3.63) is 24.0 Å². The molecule has 3 nitrogen and oxygen atoms in total. The van der Waals surface area contributed by atoms with Gasteiger partial charge in [0.15, 0.2) is 0 Å². The second-order valence-corrected chi connectivity index (χ2v) is 5.16. The van der Waals surface area contributed by atoms with Gasteiger partial charge >= 0.3 is 0 Å². The molecule has 0 aliphatic heterocycles. The Hall–Kier alpha value is -1.09. The first kappa shape index (κ1) is 16.0. The molecule has 1 heterocycles. The van der Waals surface area contributed by atoms with E-state index in [0.717, 1.165) is 18.8 Å². The number of hydrogen-bond donors (Lipinski definition) is 2. The summed E-state index contributed by atoms with van der Waals surface area (Å²) in [6.45, 7) is 4.10. The Morgan fingerprint density at radius 1 is 1.00 bits per heavy atom. The normalized spacial score (nSPS) is 10.8. The minimum Gasteiger partial charge on any atom is -0.506 e. The molecule has 19 heavy (non-hydrogen) atoms. The highest BCUT2D eigenvalue weighted by Crippen LogP contribution is 2.08. The summed E-state index contributed by atoms with van der Waals surface area (Å²) in [4.78, 5) is 4.14. The summed E-state index contributed by atoms with van der Waals surface area (Å²) >= 11 is 0. The number of nitrogens with one attached hydrogen (secondary N) is 1. The highest BCUT2D eigenvalue weighted by atomic mass is 16.3. The van der Waals surface area contributed by atoms with Crippen LogP contribution in [0.4, 0.5) is 0 Å². The molecular weight excluding hydrogens is 236 g/mol. The molecule has 108 valence electrons. The zero-order valence-corrected chi connectivity index (χ0v) is 12.2. The van der Waals surface area contributed by atoms with Crippen molar-refractivity contribution in [3.63, 3.8) is 0 Å². The van der Waals surface area contributed by atoms with Crippen molar-refractivity contribution in [2.45, 2.75) is 64.8 Å². The van der Waals surface area contributed by atoms with Crippen LogP contribution in [0.25, 0.3) is 0 Å². The zero-order valence-electron chi connectivity index (χ0n) is 12.2. The fourth-order valence-corrected chi connectivity index (χ4v) is 2.12. The van der Waals surface area contributed by atoms with E-state index >= 15 is 0 Å². The van der Waals surface area contributed by atoms with Crippen LogP contribution < -0.4 is 5.32 Å². The van der Waals surface area contributed by atoms with Crippen LogP contribution in [0.5, 0.6) is 5.75 Å². The fraction of sp³-hybridized carbons (Fsp3) is 0.688. The maximum absolute atomic E-state index is 9.12. The summed E-state index contributed by atoms with van der Waals surface area (Å²) in [5, 5.41) is 12.5. The highest BCUT2D eigenvalue weighted by Gasteiger charge is 1.95. The molecule has 0 fully saturated rings. The van der Waals surface area contributed by atoms with Crippen LogP contribution in [-0.4, -0.2) is 16.6 Å². The number of hydrogen-bond acceptors (Lipinski definition) is 3. The van der Waals surface area contributed by atoms with Gasteiger partial charge in [0, 0.05) is 6.54 Å². The van der Waals surface area contributed by atoms with Crippen LogP contribution in [0.1, 0.15) is 64.0 Å². The Balaban J connectivity index is 1.87. The third kappa shape index (κ3) is 8.60. The quantitative estimate of drug-likeness (QED) is 0.593. The Bertz CT molecular complexity index is 311. The molecule has 0 saturated carbocycles. The lowest BCUT2D eigenvalue weighted by Crippen LogP contribution is -2.15. The first-order valence-corrected chi connectivity index (χ1v) is 7.67. The molecule has 0 radical (unpaired) electrons. The molecule has 1 aromatic heterocycles. The standard InChI is InChI=1S/C16H28N2O/c1-2-3-4-5-6-7-8-9-12-17-13-15-10-11-16(19)14-18-15/h10-11,14,17,19H,2-9,12-13H2,1H3. The minimum absolute atomic E-state index is 0.229. The van der Waals surface area contributed by atoms with Crippen LogP contribution in [0.2, 0.25) is 0 Å². The molecule has 0 saturated heterocycles. The monoisotopic (exact) mass is 264 g/mol. The maximum atomic E-state index is 9.12. The summed E-state index contributed by atoms with van der Waals surface area (Å²) in [6, 6.07) is 3.54. The lowest BCUT2D eigenvalue weighted by atomic mass is 10.1. The van der Waals surface area contributed by atoms with Crippen molar-refractivity contribution in [2.24, 2.45) is 0 Å². The maximum Gasteiger partial charge on any atom is 0.133 e. The molecule has 0 aliphatic rings. The van der Waals surface area contributed by atoms with Gasteiger partial charge in [0.1, 0.15) is 5.75 Å². The topological polar surface area (TPSA) is 45.1 Å². The lowest BCUT2D eigenvalue weighted by Gasteiger charge is -2.04. The van der Waals surface area contributed by atoms with Crippen LogP contribution in [0.15, 0.2) is 18.3 Å². The van der Waals surface area contributed by atoms with Crippen molar-refractivity contribution in [3.8, 4) is 5.75 Å². The van der Waals surface area contributed by atoms with Crippen molar-refractivity contribution >= 4 is 0 Å². The summed E-state index contributed by atoms with van der Waals surface area (Å²) in [6.07, 6.45) is 12.3. The van der Waals surface area contributed by atoms with Crippen LogP contribution in [0, 0.1) is 0 Å². The van der Waals surface area contributed by atoms with E-state index in [9.17, 15) is 0 Å². The van der Waals surface area contributed by atoms with Gasteiger partial charge in [-0.15, -0.1) is 0 Å². The van der Waals surface area contributed by atoms with Gasteiger partial charge in [-0.3, -0.25) is 4.98 Å². The van der Waals surface area contributed by atoms with E-state index in [1.54, 1.807) is 6.07 Å². The SMILES string of the molecule is CCCCCCCCCCNCc1ccc(O)cn1. The average molecular weight is 264 g/mol. The van der Waals surface area contributed by atoms with Crippen molar-refractivity contribution in [1.82, 2.24) is 10.3 Å². The molecule has 0 atom stereocenters. The molecule has 0 amide bonds. The molecule has 1 aromatic rings. The van der Waals surface area contributed by atoms with Crippen LogP contribution in [-0.2, 0) is 6.54 Å². The Labute approximate surface area is 117 Å². The third-order valence-corrected chi connectivity index (χ3v) is 3.32. The summed E-state index contributed by atoms with van der Waals surface area (Å²) in [7, 11) is 0. The second kappa shape index (κ2) is 10.8. The van der Waals surface area contributed by atoms with E-state index in [0.29, 0.717) is 0 Å². The number of aromatic nitrogens is 1. The van der Waals surface area contributed by atoms with Crippen LogP contribution >= 0.6 is 0 Å². The van der Waals surface area contributed by atoms with Gasteiger partial charge in [0.25, 0.3) is 0 Å². The van der Waals surface area contributed by atoms with E-state index < -0.39 is 0 Å².